The highest BCUT2D eigenvalue weighted by Gasteiger charge is 1.97. The summed E-state index contributed by atoms with van der Waals surface area (Å²) >= 11 is 0. The van der Waals surface area contributed by atoms with Crippen molar-refractivity contribution in [3.63, 3.8) is 0 Å². The monoisotopic (exact) mass is 391 g/mol. The highest BCUT2D eigenvalue weighted by molar-refractivity contribution is 5.41. The maximum absolute atomic E-state index is 5.73. The molecular formula is C27H37NO. The highest BCUT2D eigenvalue weighted by atomic mass is 16.5. The summed E-state index contributed by atoms with van der Waals surface area (Å²) in [6.07, 6.45) is 15.8. The second-order valence-electron chi connectivity index (χ2n) is 7.75. The Kier molecular flexibility index (Phi) is 11.7. The Morgan fingerprint density at radius 1 is 0.724 bits per heavy atom. The van der Waals surface area contributed by atoms with Crippen molar-refractivity contribution >= 4 is 0 Å². The summed E-state index contributed by atoms with van der Waals surface area (Å²) in [6.45, 7) is 5.24. The number of ether oxygens (including phenoxy) is 1. The van der Waals surface area contributed by atoms with Crippen molar-refractivity contribution in [1.29, 1.82) is 0 Å². The molecule has 156 valence electrons. The number of aromatic nitrogens is 1. The fourth-order valence-electron chi connectivity index (χ4n) is 3.26. The third-order valence-corrected chi connectivity index (χ3v) is 5.11. The lowest BCUT2D eigenvalue weighted by Gasteiger charge is -2.05. The molecule has 0 unspecified atom stereocenters. The lowest BCUT2D eigenvalue weighted by atomic mass is 10.0. The second kappa shape index (κ2) is 14.7. The van der Waals surface area contributed by atoms with E-state index in [2.05, 4.69) is 54.9 Å². The normalized spacial score (nSPS) is 10.4. The van der Waals surface area contributed by atoms with Gasteiger partial charge < -0.3 is 4.74 Å². The Labute approximate surface area is 178 Å². The number of rotatable bonds is 13. The number of benzene rings is 1. The van der Waals surface area contributed by atoms with Crippen molar-refractivity contribution in [3.05, 3.63) is 59.4 Å². The van der Waals surface area contributed by atoms with Crippen LogP contribution in [0, 0.1) is 11.8 Å². The number of hydrogen-bond donors (Lipinski definition) is 0. The smallest absolute Gasteiger partial charge is 0.137 e. The second-order valence-corrected chi connectivity index (χ2v) is 7.75. The quantitative estimate of drug-likeness (QED) is 0.263. The molecule has 1 aromatic heterocycles. The van der Waals surface area contributed by atoms with Crippen molar-refractivity contribution in [2.45, 2.75) is 84.5 Å². The summed E-state index contributed by atoms with van der Waals surface area (Å²) in [7, 11) is 0. The first-order chi connectivity index (χ1) is 14.3. The number of aryl methyl sites for hydroxylation is 1. The lowest BCUT2D eigenvalue weighted by molar-refractivity contribution is 0.304. The maximum atomic E-state index is 5.73. The molecule has 0 fully saturated rings. The molecule has 2 nitrogen and oxygen atoms in total. The van der Waals surface area contributed by atoms with Gasteiger partial charge in [-0.2, -0.15) is 0 Å². The van der Waals surface area contributed by atoms with Gasteiger partial charge in [-0.05, 0) is 55.0 Å². The number of hydrogen-bond acceptors (Lipinski definition) is 2. The van der Waals surface area contributed by atoms with Gasteiger partial charge in [-0.1, -0.05) is 83.3 Å². The first-order valence-corrected chi connectivity index (χ1v) is 11.5. The Balaban J connectivity index is 1.73. The van der Waals surface area contributed by atoms with Gasteiger partial charge in [0.15, 0.2) is 0 Å². The van der Waals surface area contributed by atoms with E-state index in [1.807, 2.05) is 12.1 Å². The van der Waals surface area contributed by atoms with Crippen LogP contribution in [0.5, 0.6) is 5.75 Å². The summed E-state index contributed by atoms with van der Waals surface area (Å²) in [4.78, 5) is 4.40. The molecule has 1 aromatic carbocycles. The molecule has 0 spiro atoms. The van der Waals surface area contributed by atoms with Crippen LogP contribution >= 0.6 is 0 Å². The maximum Gasteiger partial charge on any atom is 0.137 e. The van der Waals surface area contributed by atoms with Crippen molar-refractivity contribution in [2.75, 3.05) is 6.61 Å². The molecule has 2 aromatic rings. The van der Waals surface area contributed by atoms with Crippen molar-refractivity contribution < 1.29 is 4.74 Å². The molecule has 0 radical (unpaired) electrons. The molecule has 0 amide bonds. The van der Waals surface area contributed by atoms with E-state index >= 15 is 0 Å². The van der Waals surface area contributed by atoms with Crippen LogP contribution in [0.25, 0.3) is 0 Å². The Morgan fingerprint density at radius 2 is 1.41 bits per heavy atom. The van der Waals surface area contributed by atoms with E-state index in [1.165, 1.54) is 69.8 Å². The van der Waals surface area contributed by atoms with E-state index in [1.54, 1.807) is 6.20 Å². The highest BCUT2D eigenvalue weighted by Crippen LogP contribution is 2.12. The van der Waals surface area contributed by atoms with Crippen LogP contribution in [0.4, 0.5) is 0 Å². The first kappa shape index (κ1) is 23.0. The van der Waals surface area contributed by atoms with Gasteiger partial charge in [0.25, 0.3) is 0 Å². The summed E-state index contributed by atoms with van der Waals surface area (Å²) in [5.41, 5.74) is 3.22. The van der Waals surface area contributed by atoms with Gasteiger partial charge >= 0.3 is 0 Å². The third kappa shape index (κ3) is 10.2. The molecule has 0 aliphatic rings. The number of nitrogens with zero attached hydrogens (tertiary/aromatic N) is 1. The molecule has 2 rings (SSSR count). The van der Waals surface area contributed by atoms with Crippen LogP contribution in [0.3, 0.4) is 0 Å². The van der Waals surface area contributed by atoms with E-state index in [9.17, 15) is 0 Å². The van der Waals surface area contributed by atoms with Gasteiger partial charge in [0.1, 0.15) is 11.4 Å². The molecule has 2 heteroatoms. The van der Waals surface area contributed by atoms with Crippen molar-refractivity contribution in [3.8, 4) is 17.6 Å². The molecule has 0 aliphatic carbocycles. The van der Waals surface area contributed by atoms with Crippen LogP contribution in [-0.4, -0.2) is 11.6 Å². The minimum Gasteiger partial charge on any atom is -0.492 e. The zero-order chi connectivity index (χ0) is 20.6. The fraction of sp³-hybridized carbons (Fsp3) is 0.519. The third-order valence-electron chi connectivity index (χ3n) is 5.11. The van der Waals surface area contributed by atoms with Crippen LogP contribution in [0.15, 0.2) is 42.6 Å². The number of pyridine rings is 1. The predicted molar refractivity (Wildman–Crippen MR) is 123 cm³/mol. The predicted octanol–water partition coefficient (Wildman–Crippen LogP) is 7.34. The molecule has 0 saturated heterocycles. The lowest BCUT2D eigenvalue weighted by Crippen LogP contribution is -1.97. The largest absolute Gasteiger partial charge is 0.492 e. The molecule has 1 heterocycles. The summed E-state index contributed by atoms with van der Waals surface area (Å²) in [6, 6.07) is 12.5. The molecule has 0 saturated carbocycles. The first-order valence-electron chi connectivity index (χ1n) is 11.5. The van der Waals surface area contributed by atoms with Gasteiger partial charge in [-0.3, -0.25) is 0 Å². The van der Waals surface area contributed by atoms with Crippen molar-refractivity contribution in [1.82, 2.24) is 4.98 Å². The zero-order valence-electron chi connectivity index (χ0n) is 18.4. The molecular weight excluding hydrogens is 354 g/mol. The minimum atomic E-state index is 0.762. The van der Waals surface area contributed by atoms with Gasteiger partial charge in [-0.25, -0.2) is 4.98 Å². The molecule has 0 atom stereocenters. The van der Waals surface area contributed by atoms with Gasteiger partial charge in [0.05, 0.1) is 12.8 Å². The SMILES string of the molecule is CCCCCCCCc1ccc(C#Cc2ccc(OCCCCCC)cn2)cc1. The molecule has 0 N–H and O–H groups in total. The van der Waals surface area contributed by atoms with Crippen LogP contribution in [-0.2, 0) is 6.42 Å². The van der Waals surface area contributed by atoms with E-state index < -0.39 is 0 Å². The van der Waals surface area contributed by atoms with Gasteiger partial charge in [0, 0.05) is 5.56 Å². The Bertz CT molecular complexity index is 722. The molecule has 29 heavy (non-hydrogen) atoms. The number of unbranched alkanes of at least 4 members (excludes halogenated alkanes) is 8. The molecule has 0 bridgehead atoms. The average Bonchev–Trinajstić information content (AvgIpc) is 2.76. The van der Waals surface area contributed by atoms with Crippen LogP contribution in [0.1, 0.15) is 94.9 Å². The summed E-state index contributed by atoms with van der Waals surface area (Å²) in [5.74, 6) is 7.18. The fourth-order valence-corrected chi connectivity index (χ4v) is 3.26. The van der Waals surface area contributed by atoms with Crippen molar-refractivity contribution in [2.24, 2.45) is 0 Å². The standard InChI is InChI=1S/C27H37NO/c1-3-5-7-9-10-11-13-24-14-16-25(17-15-24)18-19-26-20-21-27(23-28-26)29-22-12-8-6-4-2/h14-17,20-21,23H,3-13,22H2,1-2H3. The summed E-state index contributed by atoms with van der Waals surface area (Å²) in [5, 5.41) is 0. The topological polar surface area (TPSA) is 22.1 Å². The van der Waals surface area contributed by atoms with Gasteiger partial charge in [-0.15, -0.1) is 0 Å². The van der Waals surface area contributed by atoms with E-state index in [0.29, 0.717) is 0 Å². The average molecular weight is 392 g/mol. The van der Waals surface area contributed by atoms with E-state index in [0.717, 1.165) is 30.0 Å². The minimum absolute atomic E-state index is 0.762. The van der Waals surface area contributed by atoms with Gasteiger partial charge in [0.2, 0.25) is 0 Å². The van der Waals surface area contributed by atoms with E-state index in [-0.39, 0.29) is 0 Å². The van der Waals surface area contributed by atoms with Crippen LogP contribution < -0.4 is 4.74 Å². The Hall–Kier alpha value is -2.27. The van der Waals surface area contributed by atoms with E-state index in [4.69, 9.17) is 4.74 Å². The summed E-state index contributed by atoms with van der Waals surface area (Å²) < 4.78 is 5.73. The Morgan fingerprint density at radius 3 is 2.10 bits per heavy atom. The van der Waals surface area contributed by atoms with Crippen LogP contribution in [0.2, 0.25) is 0 Å². The molecule has 0 aliphatic heterocycles. The zero-order valence-corrected chi connectivity index (χ0v) is 18.4.